The second kappa shape index (κ2) is 6.89. The van der Waals surface area contributed by atoms with Gasteiger partial charge in [-0.2, -0.15) is 23.4 Å². The number of halogens is 4. The number of aromatic nitrogens is 6. The highest BCUT2D eigenvalue weighted by molar-refractivity contribution is 6.32. The zero-order valence-corrected chi connectivity index (χ0v) is 17.2. The van der Waals surface area contributed by atoms with Crippen LogP contribution in [0.4, 0.5) is 13.2 Å². The Kier molecular flexibility index (Phi) is 4.35. The zero-order valence-electron chi connectivity index (χ0n) is 16.5. The minimum absolute atomic E-state index is 0.0574. The maximum Gasteiger partial charge on any atom is 0.435 e. The van der Waals surface area contributed by atoms with Crippen LogP contribution in [-0.2, 0) is 13.2 Å². The molecule has 5 aromatic rings. The first-order valence-electron chi connectivity index (χ1n) is 9.20. The Balaban J connectivity index is 1.83. The summed E-state index contributed by atoms with van der Waals surface area (Å²) < 4.78 is 48.1. The van der Waals surface area contributed by atoms with Gasteiger partial charge in [0.25, 0.3) is 0 Å². The molecular weight excluding hydrogens is 449 g/mol. The van der Waals surface area contributed by atoms with E-state index in [1.807, 2.05) is 0 Å². The Hall–Kier alpha value is -3.73. The number of pyridine rings is 1. The highest BCUT2D eigenvalue weighted by Crippen LogP contribution is 2.34. The number of hydrogen-bond acceptors (Lipinski definition) is 6. The maximum atomic E-state index is 13.4. The molecule has 162 valence electrons. The average Bonchev–Trinajstić information content (AvgIpc) is 3.33. The van der Waals surface area contributed by atoms with Gasteiger partial charge in [0.2, 0.25) is 5.89 Å². The normalized spacial score (nSPS) is 12.2. The van der Waals surface area contributed by atoms with E-state index >= 15 is 0 Å². The molecular formula is C20H12ClF3N6O2. The summed E-state index contributed by atoms with van der Waals surface area (Å²) in [4.78, 5) is 21.2. The first kappa shape index (κ1) is 20.2. The maximum absolute atomic E-state index is 13.4. The molecule has 0 fully saturated rings. The van der Waals surface area contributed by atoms with Gasteiger partial charge in [-0.1, -0.05) is 11.6 Å². The van der Waals surface area contributed by atoms with Gasteiger partial charge in [-0.15, -0.1) is 0 Å². The molecule has 0 bridgehead atoms. The third-order valence-electron chi connectivity index (χ3n) is 4.93. The second-order valence-corrected chi connectivity index (χ2v) is 7.48. The van der Waals surface area contributed by atoms with Crippen LogP contribution >= 0.6 is 11.6 Å². The van der Waals surface area contributed by atoms with Crippen molar-refractivity contribution in [2.24, 2.45) is 7.05 Å². The first-order chi connectivity index (χ1) is 15.1. The third-order valence-corrected chi connectivity index (χ3v) is 5.23. The monoisotopic (exact) mass is 460 g/mol. The molecule has 0 N–H and O–H groups in total. The van der Waals surface area contributed by atoms with Gasteiger partial charge in [0.15, 0.2) is 11.5 Å². The number of fused-ring (bicyclic) bond motifs is 2. The lowest BCUT2D eigenvalue weighted by Crippen LogP contribution is -2.09. The van der Waals surface area contributed by atoms with Gasteiger partial charge in [-0.25, -0.2) is 19.4 Å². The van der Waals surface area contributed by atoms with Crippen molar-refractivity contribution >= 4 is 33.4 Å². The van der Waals surface area contributed by atoms with Crippen molar-refractivity contribution in [1.82, 2.24) is 29.5 Å². The molecule has 0 spiro atoms. The Morgan fingerprint density at radius 3 is 2.66 bits per heavy atom. The molecule has 4 heterocycles. The van der Waals surface area contributed by atoms with E-state index in [1.165, 1.54) is 24.4 Å². The fourth-order valence-electron chi connectivity index (χ4n) is 3.48. The Morgan fingerprint density at radius 2 is 1.94 bits per heavy atom. The molecule has 0 saturated carbocycles. The molecule has 0 atom stereocenters. The standard InChI is InChI=1S/C20H12ClF3N6O2/c1-9-11-8-29(2)27-13(11)6-10-16(9)26-18(32-19(10)31)14-7-15(20(22,23)24)28-30(14)17-12(21)4-3-5-25-17/h3-8H,1-2H3. The summed E-state index contributed by atoms with van der Waals surface area (Å²) in [5, 5.41) is 8.86. The van der Waals surface area contributed by atoms with Crippen LogP contribution in [0.5, 0.6) is 0 Å². The smallest absolute Gasteiger partial charge is 0.401 e. The topological polar surface area (TPSA) is 91.6 Å². The molecule has 32 heavy (non-hydrogen) atoms. The number of nitrogens with zero attached hydrogens (tertiary/aromatic N) is 6. The van der Waals surface area contributed by atoms with E-state index in [0.29, 0.717) is 11.1 Å². The molecule has 0 amide bonds. The summed E-state index contributed by atoms with van der Waals surface area (Å²) in [6.45, 7) is 1.75. The summed E-state index contributed by atoms with van der Waals surface area (Å²) in [5.41, 5.74) is -0.707. The van der Waals surface area contributed by atoms with Crippen LogP contribution in [-0.4, -0.2) is 29.5 Å². The van der Waals surface area contributed by atoms with Crippen molar-refractivity contribution in [2.75, 3.05) is 0 Å². The molecule has 0 radical (unpaired) electrons. The van der Waals surface area contributed by atoms with E-state index in [9.17, 15) is 18.0 Å². The Bertz CT molecular complexity index is 1580. The summed E-state index contributed by atoms with van der Waals surface area (Å²) in [6, 6.07) is 5.25. The fourth-order valence-corrected chi connectivity index (χ4v) is 3.68. The number of aryl methyl sites for hydroxylation is 2. The van der Waals surface area contributed by atoms with Gasteiger partial charge in [-0.3, -0.25) is 4.68 Å². The van der Waals surface area contributed by atoms with E-state index in [4.69, 9.17) is 16.0 Å². The molecule has 0 aliphatic heterocycles. The summed E-state index contributed by atoms with van der Waals surface area (Å²) >= 11 is 6.13. The van der Waals surface area contributed by atoms with Crippen LogP contribution in [0.2, 0.25) is 5.02 Å². The van der Waals surface area contributed by atoms with E-state index in [0.717, 1.165) is 16.1 Å². The molecule has 0 aliphatic rings. The number of benzene rings is 1. The van der Waals surface area contributed by atoms with Crippen molar-refractivity contribution < 1.29 is 17.6 Å². The molecule has 0 aliphatic carbocycles. The number of alkyl halides is 3. The van der Waals surface area contributed by atoms with Crippen molar-refractivity contribution in [3.05, 3.63) is 63.4 Å². The van der Waals surface area contributed by atoms with E-state index < -0.39 is 17.5 Å². The summed E-state index contributed by atoms with van der Waals surface area (Å²) in [7, 11) is 1.74. The average molecular weight is 461 g/mol. The number of rotatable bonds is 2. The van der Waals surface area contributed by atoms with Crippen molar-refractivity contribution in [3.63, 3.8) is 0 Å². The molecule has 12 heteroatoms. The SMILES string of the molecule is Cc1c2cn(C)nc2cc2c(=O)oc(-c3cc(C(F)(F)F)nn3-c3ncccc3Cl)nc12. The van der Waals surface area contributed by atoms with Gasteiger partial charge in [0, 0.05) is 30.9 Å². The van der Waals surface area contributed by atoms with Gasteiger partial charge in [-0.05, 0) is 30.7 Å². The lowest BCUT2D eigenvalue weighted by atomic mass is 10.1. The van der Waals surface area contributed by atoms with Gasteiger partial charge in [0.1, 0.15) is 5.69 Å². The minimum Gasteiger partial charge on any atom is -0.401 e. The summed E-state index contributed by atoms with van der Waals surface area (Å²) in [6.07, 6.45) is -1.64. The predicted molar refractivity (Wildman–Crippen MR) is 110 cm³/mol. The van der Waals surface area contributed by atoms with Crippen LogP contribution in [0, 0.1) is 6.92 Å². The zero-order chi connectivity index (χ0) is 22.8. The van der Waals surface area contributed by atoms with E-state index in [1.54, 1.807) is 24.9 Å². The molecule has 4 aromatic heterocycles. The highest BCUT2D eigenvalue weighted by atomic mass is 35.5. The van der Waals surface area contributed by atoms with E-state index in [-0.39, 0.29) is 33.3 Å². The van der Waals surface area contributed by atoms with E-state index in [2.05, 4.69) is 20.2 Å². The van der Waals surface area contributed by atoms with Crippen molar-refractivity contribution in [2.45, 2.75) is 13.1 Å². The van der Waals surface area contributed by atoms with Crippen LogP contribution in [0.1, 0.15) is 11.3 Å². The molecule has 5 rings (SSSR count). The lowest BCUT2D eigenvalue weighted by molar-refractivity contribution is -0.141. The summed E-state index contributed by atoms with van der Waals surface area (Å²) in [5.74, 6) is -0.415. The van der Waals surface area contributed by atoms with Crippen molar-refractivity contribution in [3.8, 4) is 17.4 Å². The fraction of sp³-hybridized carbons (Fsp3) is 0.150. The van der Waals surface area contributed by atoms with Crippen molar-refractivity contribution in [1.29, 1.82) is 0 Å². The molecule has 0 saturated heterocycles. The molecule has 8 nitrogen and oxygen atoms in total. The van der Waals surface area contributed by atoms with Gasteiger partial charge < -0.3 is 4.42 Å². The first-order valence-corrected chi connectivity index (χ1v) is 9.57. The van der Waals surface area contributed by atoms with Crippen LogP contribution < -0.4 is 5.63 Å². The van der Waals surface area contributed by atoms with Gasteiger partial charge in [0.05, 0.1) is 21.4 Å². The van der Waals surface area contributed by atoms with Crippen LogP contribution in [0.25, 0.3) is 39.2 Å². The third kappa shape index (κ3) is 3.12. The molecule has 0 unspecified atom stereocenters. The minimum atomic E-state index is -4.75. The quantitative estimate of drug-likeness (QED) is 0.390. The number of hydrogen-bond donors (Lipinski definition) is 0. The van der Waals surface area contributed by atoms with Gasteiger partial charge >= 0.3 is 11.8 Å². The molecule has 1 aromatic carbocycles. The van der Waals surface area contributed by atoms with Crippen LogP contribution in [0.3, 0.4) is 0 Å². The largest absolute Gasteiger partial charge is 0.435 e. The predicted octanol–water partition coefficient (Wildman–Crippen LogP) is 4.30. The van der Waals surface area contributed by atoms with Crippen LogP contribution in [0.15, 0.2) is 45.9 Å². The lowest BCUT2D eigenvalue weighted by Gasteiger charge is -2.08. The Morgan fingerprint density at radius 1 is 1.16 bits per heavy atom. The second-order valence-electron chi connectivity index (χ2n) is 7.07. The Labute approximate surface area is 181 Å². The highest BCUT2D eigenvalue weighted by Gasteiger charge is 2.36.